The first-order valence-corrected chi connectivity index (χ1v) is 51.7. The number of amides is 4. The van der Waals surface area contributed by atoms with Crippen molar-refractivity contribution in [3.8, 4) is 0 Å². The Hall–Kier alpha value is -11.4. The van der Waals surface area contributed by atoms with Gasteiger partial charge in [-0.05, 0) is 86.5 Å². The average Bonchev–Trinajstić information content (AvgIpc) is 0.745. The first-order chi connectivity index (χ1) is 70.4. The molecule has 0 radical (unpaired) electrons. The molecule has 0 aliphatic rings. The third-order valence-corrected chi connectivity index (χ3v) is 27.7. The summed E-state index contributed by atoms with van der Waals surface area (Å²) in [6.45, 7) is 12.1. The van der Waals surface area contributed by atoms with Crippen LogP contribution < -0.4 is 37.6 Å². The van der Waals surface area contributed by atoms with Crippen LogP contribution in [-0.2, 0) is 96.6 Å². The van der Waals surface area contributed by atoms with Gasteiger partial charge in [-0.25, -0.2) is 0 Å². The zero-order valence-electron chi connectivity index (χ0n) is 82.3. The van der Waals surface area contributed by atoms with Crippen molar-refractivity contribution in [2.75, 3.05) is 196 Å². The maximum Gasteiger partial charge on any atom is 0.238 e. The Kier molecular flexibility index (Phi) is 48.6. The molecule has 0 saturated carbocycles. The lowest BCUT2D eigenvalue weighted by Gasteiger charge is -2.41. The topological polar surface area (TPSA) is 277 Å². The van der Waals surface area contributed by atoms with Gasteiger partial charge < -0.3 is 83.8 Å². The van der Waals surface area contributed by atoms with E-state index in [2.05, 4.69) is 250 Å². The van der Waals surface area contributed by atoms with E-state index < -0.39 is 38.2 Å². The molecule has 2 atom stereocenters. The summed E-state index contributed by atoms with van der Waals surface area (Å²) in [5, 5.41) is 20.3. The minimum atomic E-state index is -0.923. The van der Waals surface area contributed by atoms with Crippen molar-refractivity contribution in [1.82, 2.24) is 31.9 Å². The predicted octanol–water partition coefficient (Wildman–Crippen LogP) is 16.3. The van der Waals surface area contributed by atoms with Crippen LogP contribution in [0.25, 0.3) is 0 Å². The van der Waals surface area contributed by atoms with Crippen LogP contribution in [0.1, 0.15) is 99.4 Å². The first-order valence-electron chi connectivity index (χ1n) is 49.7. The second kappa shape index (κ2) is 63.0. The quantitative estimate of drug-likeness (QED) is 0.0138. The Bertz CT molecular complexity index is 4730. The molecule has 0 saturated heterocycles. The maximum atomic E-state index is 15.1. The molecular weight excluding hydrogens is 1840 g/mol. The highest BCUT2D eigenvalue weighted by Gasteiger charge is 2.46. The standard InChI is InChI=1S/C118H141N7O16S2/c1-114(119,64-62-110(126)120-66-70-130-74-78-134-82-86-138-90-92-140-88-84-136-80-76-132-72-68-122-112(128)108(124-115(96-38-14-2-15-39-96,97-40-16-3-17-41-97)98-42-18-4-19-43-98)94-142-117(102-50-26-8-27-51-102,103-52-28-9-29-53-103)104-54-30-10-31-55-104)65-63-111(127)121-67-71-131-75-79-135-83-87-139-91-93-141-89-85-137-81-77-133-73-69-123-113(129)109(125-116(99-44-20-5-21-45-99,100-46-22-6-23-47-100)101-48-24-7-25-49-101)95-143-118(105-56-32-11-33-57-105,106-58-34-12-35-59-106)107-60-36-13-37-61-107/h2-61,108-109,124-125H,62-95,119H2,1H3,(H,120,126)(H,121,127)(H,122,128)(H,123,129)/t108-,109-/m0/s1. The van der Waals surface area contributed by atoms with Crippen molar-refractivity contribution in [3.63, 3.8) is 0 Å². The smallest absolute Gasteiger partial charge is 0.238 e. The molecule has 0 spiro atoms. The van der Waals surface area contributed by atoms with Gasteiger partial charge in [-0.1, -0.05) is 364 Å². The van der Waals surface area contributed by atoms with Crippen molar-refractivity contribution in [2.24, 2.45) is 5.73 Å². The van der Waals surface area contributed by atoms with E-state index in [-0.39, 0.29) is 36.5 Å². The molecule has 0 aliphatic heterocycles. The fraction of sp³-hybridized carbons (Fsp3) is 0.356. The van der Waals surface area contributed by atoms with Gasteiger partial charge in [0.05, 0.1) is 191 Å². The van der Waals surface area contributed by atoms with E-state index in [1.165, 1.54) is 0 Å². The molecule has 8 N–H and O–H groups in total. The van der Waals surface area contributed by atoms with Gasteiger partial charge in [-0.15, -0.1) is 23.5 Å². The number of hydrogen-bond donors (Lipinski definition) is 7. The zero-order chi connectivity index (χ0) is 99.5. The Morgan fingerprint density at radius 2 is 0.385 bits per heavy atom. The summed E-state index contributed by atoms with van der Waals surface area (Å²) in [5.74, 6) is 0.205. The Balaban J connectivity index is 0.434. The number of thioether (sulfide) groups is 2. The minimum absolute atomic E-state index is 0.138. The van der Waals surface area contributed by atoms with E-state index in [1.807, 2.05) is 153 Å². The molecule has 0 unspecified atom stereocenters. The van der Waals surface area contributed by atoms with E-state index in [9.17, 15) is 9.59 Å². The van der Waals surface area contributed by atoms with E-state index in [0.717, 1.165) is 66.8 Å². The van der Waals surface area contributed by atoms with Gasteiger partial charge in [-0.2, -0.15) is 0 Å². The summed E-state index contributed by atoms with van der Waals surface area (Å²) in [6, 6.07) is 124. The van der Waals surface area contributed by atoms with Crippen molar-refractivity contribution < 1.29 is 76.0 Å². The van der Waals surface area contributed by atoms with Crippen LogP contribution in [0.5, 0.6) is 0 Å². The Morgan fingerprint density at radius 3 is 0.559 bits per heavy atom. The van der Waals surface area contributed by atoms with Crippen molar-refractivity contribution >= 4 is 47.2 Å². The number of nitrogens with two attached hydrogens (primary N) is 1. The number of hydrogen-bond acceptors (Lipinski definition) is 21. The molecule has 0 heterocycles. The first kappa shape index (κ1) is 110. The summed E-state index contributed by atoms with van der Waals surface area (Å²) in [4.78, 5) is 55.5. The number of benzene rings is 12. The van der Waals surface area contributed by atoms with Gasteiger partial charge >= 0.3 is 0 Å². The fourth-order valence-electron chi connectivity index (χ4n) is 17.2. The Morgan fingerprint density at radius 1 is 0.231 bits per heavy atom. The molecule has 25 heteroatoms. The number of carbonyl (C=O) groups is 4. The van der Waals surface area contributed by atoms with Crippen LogP contribution in [0.3, 0.4) is 0 Å². The molecule has 0 aliphatic carbocycles. The largest absolute Gasteiger partial charge is 0.377 e. The molecule has 0 fully saturated rings. The molecule has 756 valence electrons. The molecule has 12 rings (SSSR count). The van der Waals surface area contributed by atoms with E-state index in [0.29, 0.717) is 209 Å². The summed E-state index contributed by atoms with van der Waals surface area (Å²) in [7, 11) is 0. The summed E-state index contributed by atoms with van der Waals surface area (Å²) >= 11 is 3.49. The SMILES string of the molecule is CC(N)(CCC(=O)NCCOCCOCCOCCOCCOCCOCCNC(=O)[C@H](CSC(c1ccccc1)(c1ccccc1)c1ccccc1)NC(c1ccccc1)(c1ccccc1)c1ccccc1)CCC(=O)NCCOCCOCCOCCOCCOCCOCCNC(=O)[C@H](CSC(c1ccccc1)(c1ccccc1)c1ccccc1)NC(c1ccccc1)(c1ccccc1)c1ccccc1. The van der Waals surface area contributed by atoms with Crippen LogP contribution in [-0.4, -0.2) is 238 Å². The van der Waals surface area contributed by atoms with E-state index in [1.54, 1.807) is 23.5 Å². The van der Waals surface area contributed by atoms with E-state index >= 15 is 9.59 Å². The second-order valence-electron chi connectivity index (χ2n) is 34.6. The van der Waals surface area contributed by atoms with Crippen LogP contribution >= 0.6 is 23.5 Å². The molecule has 12 aromatic carbocycles. The monoisotopic (exact) mass is 1980 g/mol. The Labute approximate surface area is 853 Å². The predicted molar refractivity (Wildman–Crippen MR) is 569 cm³/mol. The van der Waals surface area contributed by atoms with Gasteiger partial charge in [0.1, 0.15) is 0 Å². The zero-order valence-corrected chi connectivity index (χ0v) is 83.9. The van der Waals surface area contributed by atoms with Crippen LogP contribution in [0.4, 0.5) is 0 Å². The highest BCUT2D eigenvalue weighted by atomic mass is 32.2. The van der Waals surface area contributed by atoms with Gasteiger partial charge in [0.25, 0.3) is 0 Å². The van der Waals surface area contributed by atoms with Crippen molar-refractivity contribution in [3.05, 3.63) is 431 Å². The van der Waals surface area contributed by atoms with Gasteiger partial charge in [0.15, 0.2) is 0 Å². The van der Waals surface area contributed by atoms with Crippen LogP contribution in [0, 0.1) is 0 Å². The molecular formula is C118H141N7O16S2. The summed E-state index contributed by atoms with van der Waals surface area (Å²) < 4.78 is 67.6. The van der Waals surface area contributed by atoms with Crippen LogP contribution in [0.15, 0.2) is 364 Å². The minimum Gasteiger partial charge on any atom is -0.377 e. The van der Waals surface area contributed by atoms with Crippen LogP contribution in [0.2, 0.25) is 0 Å². The third-order valence-electron chi connectivity index (χ3n) is 24.5. The average molecular weight is 1980 g/mol. The summed E-state index contributed by atoms with van der Waals surface area (Å²) in [5.41, 5.74) is 16.6. The van der Waals surface area contributed by atoms with Crippen molar-refractivity contribution in [2.45, 2.75) is 70.8 Å². The lowest BCUT2D eigenvalue weighted by atomic mass is 9.76. The lowest BCUT2D eigenvalue weighted by molar-refractivity contribution is -0.124. The van der Waals surface area contributed by atoms with E-state index in [4.69, 9.17) is 62.6 Å². The lowest BCUT2D eigenvalue weighted by Crippen LogP contribution is -2.56. The second-order valence-corrected chi connectivity index (χ2v) is 37.0. The fourth-order valence-corrected chi connectivity index (χ4v) is 20.4. The molecule has 23 nitrogen and oxygen atoms in total. The van der Waals surface area contributed by atoms with Gasteiger partial charge in [0, 0.05) is 56.1 Å². The summed E-state index contributed by atoms with van der Waals surface area (Å²) in [6.07, 6.45) is 1.28. The third kappa shape index (κ3) is 35.0. The number of carbonyl (C=O) groups excluding carboxylic acids is 4. The normalized spacial score (nSPS) is 12.3. The highest BCUT2D eigenvalue weighted by Crippen LogP contribution is 2.51. The molecule has 0 aromatic heterocycles. The number of nitrogens with one attached hydrogen (secondary N) is 6. The van der Waals surface area contributed by atoms with Crippen molar-refractivity contribution in [1.29, 1.82) is 0 Å². The number of ether oxygens (including phenoxy) is 12. The number of rotatable bonds is 72. The molecule has 12 aromatic rings. The van der Waals surface area contributed by atoms with Gasteiger partial charge in [0.2, 0.25) is 23.6 Å². The molecule has 4 amide bonds. The molecule has 0 bridgehead atoms. The molecule has 143 heavy (non-hydrogen) atoms. The maximum absolute atomic E-state index is 15.1. The van der Waals surface area contributed by atoms with Gasteiger partial charge in [-0.3, -0.25) is 29.8 Å². The highest BCUT2D eigenvalue weighted by molar-refractivity contribution is 8.01.